The second-order valence-electron chi connectivity index (χ2n) is 9.73. The van der Waals surface area contributed by atoms with Gasteiger partial charge in [-0.1, -0.05) is 25.5 Å². The molecular weight excluding hydrogens is 460 g/mol. The van der Waals surface area contributed by atoms with Gasteiger partial charge in [0.25, 0.3) is 0 Å². The molecule has 2 N–H and O–H groups in total. The van der Waals surface area contributed by atoms with Crippen LogP contribution in [-0.4, -0.2) is 59.1 Å². The molecule has 9 heteroatoms. The van der Waals surface area contributed by atoms with Crippen LogP contribution in [0.4, 0.5) is 5.95 Å². The summed E-state index contributed by atoms with van der Waals surface area (Å²) in [5.41, 5.74) is 2.66. The standard InChI is InChI=1S/C26H36N6O2S/c1-2-3-15-27-26-28-18-23-24(19-9-13-22(14-10-19)35(34)31-16-4-5-17-31)30-32(25(23)29-26)20-7-6-8-21(33)12-11-20/h9-10,13-14,18,20-21,33H,2-8,11-12,15-17H2,1H3,(H,27,28,29)/t20-,21-,35?/m0/s1. The Labute approximate surface area is 209 Å². The zero-order chi connectivity index (χ0) is 24.2. The van der Waals surface area contributed by atoms with Crippen molar-refractivity contribution in [3.63, 3.8) is 0 Å². The van der Waals surface area contributed by atoms with E-state index in [1.54, 1.807) is 0 Å². The molecule has 1 aliphatic heterocycles. The third-order valence-corrected chi connectivity index (χ3v) is 8.65. The molecule has 1 saturated carbocycles. The maximum absolute atomic E-state index is 12.9. The van der Waals surface area contributed by atoms with Crippen LogP contribution in [0, 0.1) is 0 Å². The number of unbranched alkanes of at least 4 members (excludes halogenated alkanes) is 1. The Bertz CT molecular complexity index is 1160. The maximum atomic E-state index is 12.9. The molecule has 2 fully saturated rings. The van der Waals surface area contributed by atoms with E-state index in [2.05, 4.69) is 21.9 Å². The van der Waals surface area contributed by atoms with E-state index in [0.29, 0.717) is 5.95 Å². The molecule has 3 aromatic rings. The summed E-state index contributed by atoms with van der Waals surface area (Å²) in [4.78, 5) is 10.3. The van der Waals surface area contributed by atoms with Crippen molar-refractivity contribution in [2.24, 2.45) is 0 Å². The molecule has 1 saturated heterocycles. The van der Waals surface area contributed by atoms with Crippen molar-refractivity contribution in [1.29, 1.82) is 0 Å². The number of nitrogens with one attached hydrogen (secondary N) is 1. The van der Waals surface area contributed by atoms with Crippen LogP contribution in [0.5, 0.6) is 0 Å². The average molecular weight is 497 g/mol. The van der Waals surface area contributed by atoms with E-state index in [4.69, 9.17) is 10.1 Å². The minimum absolute atomic E-state index is 0.198. The highest BCUT2D eigenvalue weighted by Gasteiger charge is 2.25. The number of fused-ring (bicyclic) bond motifs is 1. The summed E-state index contributed by atoms with van der Waals surface area (Å²) in [6.45, 7) is 4.80. The number of nitrogens with zero attached hydrogens (tertiary/aromatic N) is 5. The third kappa shape index (κ3) is 5.42. The first-order chi connectivity index (χ1) is 17.1. The van der Waals surface area contributed by atoms with Gasteiger partial charge in [0.15, 0.2) is 5.65 Å². The molecule has 5 rings (SSSR count). The zero-order valence-electron chi connectivity index (χ0n) is 20.5. The Morgan fingerprint density at radius 1 is 1.09 bits per heavy atom. The fourth-order valence-corrected chi connectivity index (χ4v) is 6.35. The first-order valence-electron chi connectivity index (χ1n) is 13.1. The van der Waals surface area contributed by atoms with E-state index in [1.165, 1.54) is 0 Å². The van der Waals surface area contributed by atoms with Gasteiger partial charge in [0.2, 0.25) is 5.95 Å². The van der Waals surface area contributed by atoms with Crippen LogP contribution in [0.1, 0.15) is 70.8 Å². The van der Waals surface area contributed by atoms with Crippen molar-refractivity contribution in [1.82, 2.24) is 24.1 Å². The van der Waals surface area contributed by atoms with Crippen molar-refractivity contribution < 1.29 is 9.32 Å². The zero-order valence-corrected chi connectivity index (χ0v) is 21.3. The molecule has 8 nitrogen and oxygen atoms in total. The fourth-order valence-electron chi connectivity index (χ4n) is 5.09. The number of aliphatic hydroxyl groups is 1. The van der Waals surface area contributed by atoms with Gasteiger partial charge in [-0.2, -0.15) is 10.1 Å². The molecule has 0 radical (unpaired) electrons. The lowest BCUT2D eigenvalue weighted by Gasteiger charge is -2.15. The number of rotatable bonds is 8. The van der Waals surface area contributed by atoms with Gasteiger partial charge < -0.3 is 10.4 Å². The van der Waals surface area contributed by atoms with Gasteiger partial charge in [0.05, 0.1) is 22.4 Å². The molecule has 1 aliphatic carbocycles. The van der Waals surface area contributed by atoms with Gasteiger partial charge in [-0.05, 0) is 63.5 Å². The molecule has 188 valence electrons. The maximum Gasteiger partial charge on any atom is 0.224 e. The van der Waals surface area contributed by atoms with Crippen molar-refractivity contribution >= 4 is 28.0 Å². The molecule has 0 spiro atoms. The molecular formula is C26H36N6O2S. The fraction of sp³-hybridized carbons (Fsp3) is 0.577. The Balaban J connectivity index is 1.49. The van der Waals surface area contributed by atoms with E-state index in [1.807, 2.05) is 34.8 Å². The molecule has 3 heterocycles. The highest BCUT2D eigenvalue weighted by Crippen LogP contribution is 2.34. The lowest BCUT2D eigenvalue weighted by Crippen LogP contribution is -2.21. The molecule has 1 aromatic carbocycles. The van der Waals surface area contributed by atoms with Crippen LogP contribution < -0.4 is 5.32 Å². The number of anilines is 1. The SMILES string of the molecule is CCCCNc1ncc2c(-c3ccc(S(=O)N4CCCC4)cc3)nn([C@H]3CCC[C@H](O)CC3)c2n1. The topological polar surface area (TPSA) is 96.2 Å². The Kier molecular flexibility index (Phi) is 7.75. The van der Waals surface area contributed by atoms with Crippen molar-refractivity contribution in [3.8, 4) is 11.3 Å². The molecule has 0 bridgehead atoms. The molecule has 1 unspecified atom stereocenters. The molecule has 2 aliphatic rings. The number of benzene rings is 1. The second-order valence-corrected chi connectivity index (χ2v) is 11.2. The molecule has 35 heavy (non-hydrogen) atoms. The Hall–Kier alpha value is -2.36. The third-order valence-electron chi connectivity index (χ3n) is 7.14. The van der Waals surface area contributed by atoms with E-state index in [-0.39, 0.29) is 12.1 Å². The summed E-state index contributed by atoms with van der Waals surface area (Å²) in [6, 6.07) is 8.14. The largest absolute Gasteiger partial charge is 0.393 e. The number of hydrogen-bond acceptors (Lipinski definition) is 6. The molecule has 3 atom stereocenters. The number of aromatic nitrogens is 4. The summed E-state index contributed by atoms with van der Waals surface area (Å²) in [5.74, 6) is 0.628. The second kappa shape index (κ2) is 11.1. The highest BCUT2D eigenvalue weighted by molar-refractivity contribution is 7.82. The van der Waals surface area contributed by atoms with Gasteiger partial charge in [0, 0.05) is 31.4 Å². The summed E-state index contributed by atoms with van der Waals surface area (Å²) >= 11 is 0. The van der Waals surface area contributed by atoms with Gasteiger partial charge in [-0.15, -0.1) is 0 Å². The minimum Gasteiger partial charge on any atom is -0.393 e. The summed E-state index contributed by atoms with van der Waals surface area (Å²) in [7, 11) is -1.11. The van der Waals surface area contributed by atoms with Crippen LogP contribution >= 0.6 is 0 Å². The van der Waals surface area contributed by atoms with Gasteiger partial charge in [-0.25, -0.2) is 18.2 Å². The van der Waals surface area contributed by atoms with Crippen LogP contribution in [0.2, 0.25) is 0 Å². The van der Waals surface area contributed by atoms with E-state index >= 15 is 0 Å². The van der Waals surface area contributed by atoms with Crippen molar-refractivity contribution in [3.05, 3.63) is 30.5 Å². The average Bonchev–Trinajstić information content (AvgIpc) is 3.49. The van der Waals surface area contributed by atoms with Gasteiger partial charge >= 0.3 is 0 Å². The summed E-state index contributed by atoms with van der Waals surface area (Å²) in [5, 5.41) is 19.5. The van der Waals surface area contributed by atoms with Crippen LogP contribution in [0.25, 0.3) is 22.3 Å². The summed E-state index contributed by atoms with van der Waals surface area (Å²) < 4.78 is 17.0. The minimum atomic E-state index is -1.11. The lowest BCUT2D eigenvalue weighted by atomic mass is 10.1. The Morgan fingerprint density at radius 2 is 1.89 bits per heavy atom. The number of hydrogen-bond donors (Lipinski definition) is 2. The van der Waals surface area contributed by atoms with Crippen LogP contribution in [0.15, 0.2) is 35.4 Å². The summed E-state index contributed by atoms with van der Waals surface area (Å²) in [6.07, 6.45) is 10.5. The van der Waals surface area contributed by atoms with E-state index < -0.39 is 11.0 Å². The lowest BCUT2D eigenvalue weighted by molar-refractivity contribution is 0.156. The monoisotopic (exact) mass is 496 g/mol. The normalized spacial score (nSPS) is 22.3. The molecule has 0 amide bonds. The Morgan fingerprint density at radius 3 is 2.66 bits per heavy atom. The number of aliphatic hydroxyl groups excluding tert-OH is 1. The first-order valence-corrected chi connectivity index (χ1v) is 14.2. The highest BCUT2D eigenvalue weighted by atomic mass is 32.2. The van der Waals surface area contributed by atoms with E-state index in [9.17, 15) is 9.32 Å². The van der Waals surface area contributed by atoms with Crippen molar-refractivity contribution in [2.75, 3.05) is 25.0 Å². The smallest absolute Gasteiger partial charge is 0.224 e. The van der Waals surface area contributed by atoms with Gasteiger partial charge in [0.1, 0.15) is 16.7 Å². The quantitative estimate of drug-likeness (QED) is 0.347. The van der Waals surface area contributed by atoms with Crippen molar-refractivity contribution in [2.45, 2.75) is 81.8 Å². The predicted octanol–water partition coefficient (Wildman–Crippen LogP) is 4.69. The first kappa shape index (κ1) is 24.3. The van der Waals surface area contributed by atoms with Crippen LogP contribution in [-0.2, 0) is 11.0 Å². The predicted molar refractivity (Wildman–Crippen MR) is 140 cm³/mol. The molecule has 2 aromatic heterocycles. The van der Waals surface area contributed by atoms with E-state index in [0.717, 1.165) is 105 Å². The van der Waals surface area contributed by atoms with Crippen LogP contribution in [0.3, 0.4) is 0 Å². The van der Waals surface area contributed by atoms with Gasteiger partial charge in [-0.3, -0.25) is 0 Å².